The molecule has 1 atom stereocenters. The van der Waals surface area contributed by atoms with E-state index in [2.05, 4.69) is 0 Å². The maximum atomic E-state index is 12.2. The summed E-state index contributed by atoms with van der Waals surface area (Å²) in [4.78, 5) is 14.0. The molecule has 0 radical (unpaired) electrons. The van der Waals surface area contributed by atoms with Gasteiger partial charge >= 0.3 is 0 Å². The Morgan fingerprint density at radius 3 is 2.75 bits per heavy atom. The SMILES string of the molecule is CC(c1ccco1)N(C)C(=O)C1CCCC1. The zero-order valence-electron chi connectivity index (χ0n) is 9.98. The van der Waals surface area contributed by atoms with Crippen LogP contribution in [0.25, 0.3) is 0 Å². The van der Waals surface area contributed by atoms with Crippen molar-refractivity contribution in [3.63, 3.8) is 0 Å². The summed E-state index contributed by atoms with van der Waals surface area (Å²) in [5.74, 6) is 1.36. The van der Waals surface area contributed by atoms with Gasteiger partial charge in [0.15, 0.2) is 0 Å². The van der Waals surface area contributed by atoms with Gasteiger partial charge in [0.25, 0.3) is 0 Å². The molecule has 1 fully saturated rings. The number of hydrogen-bond donors (Lipinski definition) is 0. The van der Waals surface area contributed by atoms with E-state index in [1.54, 1.807) is 6.26 Å². The van der Waals surface area contributed by atoms with Crippen molar-refractivity contribution in [3.05, 3.63) is 24.2 Å². The van der Waals surface area contributed by atoms with E-state index in [-0.39, 0.29) is 17.9 Å². The molecule has 1 unspecified atom stereocenters. The first-order valence-corrected chi connectivity index (χ1v) is 6.00. The van der Waals surface area contributed by atoms with Gasteiger partial charge < -0.3 is 9.32 Å². The van der Waals surface area contributed by atoms with Gasteiger partial charge in [0, 0.05) is 13.0 Å². The smallest absolute Gasteiger partial charge is 0.226 e. The van der Waals surface area contributed by atoms with Crippen molar-refractivity contribution < 1.29 is 9.21 Å². The minimum Gasteiger partial charge on any atom is -0.467 e. The lowest BCUT2D eigenvalue weighted by Gasteiger charge is -2.26. The Morgan fingerprint density at radius 2 is 2.19 bits per heavy atom. The van der Waals surface area contributed by atoms with Crippen LogP contribution in [-0.2, 0) is 4.79 Å². The van der Waals surface area contributed by atoms with Gasteiger partial charge in [-0.05, 0) is 31.9 Å². The van der Waals surface area contributed by atoms with Crippen LogP contribution in [0.2, 0.25) is 0 Å². The predicted octanol–water partition coefficient (Wildman–Crippen LogP) is 2.99. The van der Waals surface area contributed by atoms with Crippen molar-refractivity contribution in [2.75, 3.05) is 7.05 Å². The molecular formula is C13H19NO2. The number of carbonyl (C=O) groups excluding carboxylic acids is 1. The molecule has 0 N–H and O–H groups in total. The van der Waals surface area contributed by atoms with Gasteiger partial charge in [0.05, 0.1) is 12.3 Å². The number of furan rings is 1. The number of amides is 1. The largest absolute Gasteiger partial charge is 0.467 e. The fraction of sp³-hybridized carbons (Fsp3) is 0.615. The van der Waals surface area contributed by atoms with Crippen molar-refractivity contribution in [2.24, 2.45) is 5.92 Å². The molecule has 1 aliphatic rings. The first-order valence-electron chi connectivity index (χ1n) is 6.00. The van der Waals surface area contributed by atoms with E-state index in [1.165, 1.54) is 12.8 Å². The summed E-state index contributed by atoms with van der Waals surface area (Å²) in [6, 6.07) is 3.81. The first-order chi connectivity index (χ1) is 7.70. The third-order valence-electron chi connectivity index (χ3n) is 3.59. The van der Waals surface area contributed by atoms with Crippen molar-refractivity contribution in [1.29, 1.82) is 0 Å². The Labute approximate surface area is 96.4 Å². The van der Waals surface area contributed by atoms with E-state index in [1.807, 2.05) is 31.0 Å². The van der Waals surface area contributed by atoms with Gasteiger partial charge in [-0.25, -0.2) is 0 Å². The highest BCUT2D eigenvalue weighted by Crippen LogP contribution is 2.29. The van der Waals surface area contributed by atoms with E-state index < -0.39 is 0 Å². The fourth-order valence-electron chi connectivity index (χ4n) is 2.37. The molecule has 1 amide bonds. The van der Waals surface area contributed by atoms with Crippen molar-refractivity contribution in [1.82, 2.24) is 4.90 Å². The number of hydrogen-bond acceptors (Lipinski definition) is 2. The predicted molar refractivity (Wildman–Crippen MR) is 61.9 cm³/mol. The molecule has 16 heavy (non-hydrogen) atoms. The summed E-state index contributed by atoms with van der Waals surface area (Å²) in [6.45, 7) is 2.01. The lowest BCUT2D eigenvalue weighted by atomic mass is 10.1. The van der Waals surface area contributed by atoms with Crippen LogP contribution in [0.15, 0.2) is 22.8 Å². The normalized spacial score (nSPS) is 18.6. The van der Waals surface area contributed by atoms with Crippen LogP contribution in [0.3, 0.4) is 0 Å². The van der Waals surface area contributed by atoms with Gasteiger partial charge in [0.2, 0.25) is 5.91 Å². The second-order valence-corrected chi connectivity index (χ2v) is 4.62. The monoisotopic (exact) mass is 221 g/mol. The Bertz CT molecular complexity index is 339. The maximum absolute atomic E-state index is 12.2. The van der Waals surface area contributed by atoms with Crippen LogP contribution in [0.5, 0.6) is 0 Å². The van der Waals surface area contributed by atoms with Gasteiger partial charge in [-0.1, -0.05) is 12.8 Å². The van der Waals surface area contributed by atoms with E-state index in [9.17, 15) is 4.79 Å². The molecule has 1 aromatic heterocycles. The lowest BCUT2D eigenvalue weighted by Crippen LogP contribution is -2.33. The highest BCUT2D eigenvalue weighted by Gasteiger charge is 2.28. The zero-order valence-corrected chi connectivity index (χ0v) is 9.98. The molecule has 0 aromatic carbocycles. The van der Waals surface area contributed by atoms with Crippen LogP contribution in [0.1, 0.15) is 44.4 Å². The molecular weight excluding hydrogens is 202 g/mol. The van der Waals surface area contributed by atoms with Gasteiger partial charge in [-0.15, -0.1) is 0 Å². The van der Waals surface area contributed by atoms with Crippen LogP contribution < -0.4 is 0 Å². The average Bonchev–Trinajstić information content (AvgIpc) is 2.97. The van der Waals surface area contributed by atoms with Crippen LogP contribution in [0.4, 0.5) is 0 Å². The molecule has 0 spiro atoms. The van der Waals surface area contributed by atoms with Gasteiger partial charge in [0.1, 0.15) is 5.76 Å². The third kappa shape index (κ3) is 2.13. The Hall–Kier alpha value is -1.25. The second-order valence-electron chi connectivity index (χ2n) is 4.62. The number of carbonyl (C=O) groups is 1. The van der Waals surface area contributed by atoms with Crippen LogP contribution in [-0.4, -0.2) is 17.9 Å². The molecule has 2 rings (SSSR count). The molecule has 3 heteroatoms. The first kappa shape index (κ1) is 11.2. The molecule has 1 heterocycles. The Balaban J connectivity index is 2.01. The van der Waals surface area contributed by atoms with E-state index in [4.69, 9.17) is 4.42 Å². The highest BCUT2D eigenvalue weighted by atomic mass is 16.3. The number of nitrogens with zero attached hydrogens (tertiary/aromatic N) is 1. The average molecular weight is 221 g/mol. The summed E-state index contributed by atoms with van der Waals surface area (Å²) >= 11 is 0. The molecule has 0 bridgehead atoms. The summed E-state index contributed by atoms with van der Waals surface area (Å²) in [5.41, 5.74) is 0. The number of rotatable bonds is 3. The highest BCUT2D eigenvalue weighted by molar-refractivity contribution is 5.79. The van der Waals surface area contributed by atoms with Gasteiger partial charge in [-0.3, -0.25) is 4.79 Å². The summed E-state index contributed by atoms with van der Waals surface area (Å²) < 4.78 is 5.34. The topological polar surface area (TPSA) is 33.5 Å². The van der Waals surface area contributed by atoms with Crippen LogP contribution in [0, 0.1) is 5.92 Å². The summed E-state index contributed by atoms with van der Waals surface area (Å²) in [6.07, 6.45) is 6.14. The molecule has 1 aliphatic carbocycles. The quantitative estimate of drug-likeness (QED) is 0.786. The lowest BCUT2D eigenvalue weighted by molar-refractivity contribution is -0.136. The third-order valence-corrected chi connectivity index (χ3v) is 3.59. The zero-order chi connectivity index (χ0) is 11.5. The molecule has 88 valence electrons. The van der Waals surface area contributed by atoms with Crippen molar-refractivity contribution in [3.8, 4) is 0 Å². The van der Waals surface area contributed by atoms with E-state index in [0.717, 1.165) is 18.6 Å². The van der Waals surface area contributed by atoms with Crippen LogP contribution >= 0.6 is 0 Å². The molecule has 0 saturated heterocycles. The van der Waals surface area contributed by atoms with Crippen molar-refractivity contribution in [2.45, 2.75) is 38.6 Å². The molecule has 3 nitrogen and oxygen atoms in total. The molecule has 0 aliphatic heterocycles. The fourth-order valence-corrected chi connectivity index (χ4v) is 2.37. The van der Waals surface area contributed by atoms with E-state index in [0.29, 0.717) is 0 Å². The molecule has 1 saturated carbocycles. The Morgan fingerprint density at radius 1 is 1.50 bits per heavy atom. The minimum absolute atomic E-state index is 0.0306. The van der Waals surface area contributed by atoms with Crippen molar-refractivity contribution >= 4 is 5.91 Å². The standard InChI is InChI=1S/C13H19NO2/c1-10(12-8-5-9-16-12)14(2)13(15)11-6-3-4-7-11/h5,8-11H,3-4,6-7H2,1-2H3. The van der Waals surface area contributed by atoms with E-state index >= 15 is 0 Å². The second kappa shape index (κ2) is 4.73. The summed E-state index contributed by atoms with van der Waals surface area (Å²) in [5, 5.41) is 0. The molecule has 1 aromatic rings. The summed E-state index contributed by atoms with van der Waals surface area (Å²) in [7, 11) is 1.87. The van der Waals surface area contributed by atoms with Gasteiger partial charge in [-0.2, -0.15) is 0 Å². The minimum atomic E-state index is 0.0306. The maximum Gasteiger partial charge on any atom is 0.226 e. The Kier molecular flexibility index (Phi) is 3.32.